The van der Waals surface area contributed by atoms with E-state index in [2.05, 4.69) is 0 Å². The highest BCUT2D eigenvalue weighted by Crippen LogP contribution is 2.12. The molecule has 1 fully saturated rings. The minimum Gasteiger partial charge on any atom is -0.480 e. The van der Waals surface area contributed by atoms with Crippen LogP contribution in [0.4, 0.5) is 4.39 Å². The fourth-order valence-electron chi connectivity index (χ4n) is 2.15. The molecule has 0 saturated carbocycles. The molecular weight excluding hydrogens is 237 g/mol. The van der Waals surface area contributed by atoms with E-state index in [9.17, 15) is 14.3 Å². The molecule has 1 aromatic carbocycles. The molecule has 1 aliphatic heterocycles. The van der Waals surface area contributed by atoms with Crippen molar-refractivity contribution >= 4 is 5.97 Å². The Hall–Kier alpha value is -1.46. The predicted molar refractivity (Wildman–Crippen MR) is 63.9 cm³/mol. The van der Waals surface area contributed by atoms with Crippen molar-refractivity contribution in [1.29, 1.82) is 0 Å². The molecule has 0 spiro atoms. The van der Waals surface area contributed by atoms with Crippen LogP contribution < -0.4 is 0 Å². The average molecular weight is 253 g/mol. The topological polar surface area (TPSA) is 49.8 Å². The summed E-state index contributed by atoms with van der Waals surface area (Å²) in [6.07, 6.45) is 0.313. The van der Waals surface area contributed by atoms with Gasteiger partial charge in [0.2, 0.25) is 0 Å². The van der Waals surface area contributed by atoms with Crippen molar-refractivity contribution in [3.05, 3.63) is 35.6 Å². The van der Waals surface area contributed by atoms with Crippen molar-refractivity contribution < 1.29 is 19.0 Å². The van der Waals surface area contributed by atoms with Crippen LogP contribution in [0.1, 0.15) is 5.56 Å². The Morgan fingerprint density at radius 1 is 1.44 bits per heavy atom. The first-order valence-corrected chi connectivity index (χ1v) is 5.96. The lowest BCUT2D eigenvalue weighted by Crippen LogP contribution is -2.48. The SMILES string of the molecule is O=C(O)C(Cc1cccc(F)c1)N1CCOCC1. The summed E-state index contributed by atoms with van der Waals surface area (Å²) in [5.41, 5.74) is 0.703. The number of benzene rings is 1. The number of carboxylic acids is 1. The largest absolute Gasteiger partial charge is 0.480 e. The second-order valence-corrected chi connectivity index (χ2v) is 4.34. The number of carboxylic acid groups (broad SMARTS) is 1. The van der Waals surface area contributed by atoms with E-state index in [0.717, 1.165) is 0 Å². The molecule has 0 aromatic heterocycles. The molecule has 0 bridgehead atoms. The molecule has 1 N–H and O–H groups in total. The summed E-state index contributed by atoms with van der Waals surface area (Å²) >= 11 is 0. The fourth-order valence-corrected chi connectivity index (χ4v) is 2.15. The summed E-state index contributed by atoms with van der Waals surface area (Å²) in [5.74, 6) is -1.21. The highest BCUT2D eigenvalue weighted by molar-refractivity contribution is 5.74. The third kappa shape index (κ3) is 3.27. The predicted octanol–water partition coefficient (Wildman–Crippen LogP) is 1.15. The van der Waals surface area contributed by atoms with E-state index in [4.69, 9.17) is 4.74 Å². The number of hydrogen-bond donors (Lipinski definition) is 1. The Morgan fingerprint density at radius 2 is 2.17 bits per heavy atom. The summed E-state index contributed by atoms with van der Waals surface area (Å²) in [6, 6.07) is 5.47. The zero-order chi connectivity index (χ0) is 13.0. The number of carbonyl (C=O) groups is 1. The number of aliphatic carboxylic acids is 1. The molecule has 1 atom stereocenters. The molecule has 2 rings (SSSR count). The summed E-state index contributed by atoms with van der Waals surface area (Å²) in [7, 11) is 0. The van der Waals surface area contributed by atoms with Crippen molar-refractivity contribution in [2.75, 3.05) is 26.3 Å². The van der Waals surface area contributed by atoms with E-state index in [1.807, 2.05) is 4.90 Å². The van der Waals surface area contributed by atoms with Gasteiger partial charge in [0.15, 0.2) is 0 Å². The first-order chi connectivity index (χ1) is 8.66. The van der Waals surface area contributed by atoms with Gasteiger partial charge in [-0.15, -0.1) is 0 Å². The summed E-state index contributed by atoms with van der Waals surface area (Å²) < 4.78 is 18.3. The van der Waals surface area contributed by atoms with Crippen LogP contribution in [-0.4, -0.2) is 48.3 Å². The number of halogens is 1. The lowest BCUT2D eigenvalue weighted by Gasteiger charge is -2.31. The molecular formula is C13H16FNO3. The quantitative estimate of drug-likeness (QED) is 0.874. The maximum absolute atomic E-state index is 13.1. The van der Waals surface area contributed by atoms with Crippen LogP contribution in [0, 0.1) is 5.82 Å². The van der Waals surface area contributed by atoms with Gasteiger partial charge < -0.3 is 9.84 Å². The van der Waals surface area contributed by atoms with Crippen LogP contribution in [0.25, 0.3) is 0 Å². The second-order valence-electron chi connectivity index (χ2n) is 4.34. The van der Waals surface area contributed by atoms with Gasteiger partial charge in [-0.1, -0.05) is 12.1 Å². The van der Waals surface area contributed by atoms with Crippen LogP contribution in [0.15, 0.2) is 24.3 Å². The zero-order valence-electron chi connectivity index (χ0n) is 10.0. The summed E-state index contributed by atoms with van der Waals surface area (Å²) in [6.45, 7) is 2.30. The lowest BCUT2D eigenvalue weighted by atomic mass is 10.0. The molecule has 1 aromatic rings. The molecule has 1 unspecified atom stereocenters. The van der Waals surface area contributed by atoms with Crippen LogP contribution >= 0.6 is 0 Å². The number of hydrogen-bond acceptors (Lipinski definition) is 3. The normalized spacial score (nSPS) is 18.5. The molecule has 0 amide bonds. The molecule has 1 aliphatic rings. The van der Waals surface area contributed by atoms with E-state index in [-0.39, 0.29) is 5.82 Å². The van der Waals surface area contributed by atoms with Gasteiger partial charge in [0.1, 0.15) is 11.9 Å². The highest BCUT2D eigenvalue weighted by atomic mass is 19.1. The third-order valence-corrected chi connectivity index (χ3v) is 3.09. The molecule has 98 valence electrons. The smallest absolute Gasteiger partial charge is 0.321 e. The van der Waals surface area contributed by atoms with Crippen molar-refractivity contribution in [1.82, 2.24) is 4.90 Å². The van der Waals surface area contributed by atoms with Crippen LogP contribution in [-0.2, 0) is 16.0 Å². The van der Waals surface area contributed by atoms with E-state index in [1.54, 1.807) is 12.1 Å². The third-order valence-electron chi connectivity index (χ3n) is 3.09. The lowest BCUT2D eigenvalue weighted by molar-refractivity contribution is -0.145. The summed E-state index contributed by atoms with van der Waals surface area (Å²) in [4.78, 5) is 13.2. The van der Waals surface area contributed by atoms with Gasteiger partial charge in [0, 0.05) is 13.1 Å². The first kappa shape index (κ1) is 13.0. The van der Waals surface area contributed by atoms with Gasteiger partial charge in [-0.2, -0.15) is 0 Å². The monoisotopic (exact) mass is 253 g/mol. The molecule has 1 heterocycles. The van der Waals surface area contributed by atoms with Crippen LogP contribution in [0.2, 0.25) is 0 Å². The maximum atomic E-state index is 13.1. The number of rotatable bonds is 4. The standard InChI is InChI=1S/C13H16FNO3/c14-11-3-1-2-10(8-11)9-12(13(16)17)15-4-6-18-7-5-15/h1-3,8,12H,4-7,9H2,(H,16,17). The fraction of sp³-hybridized carbons (Fsp3) is 0.462. The molecule has 5 heteroatoms. The van der Waals surface area contributed by atoms with Gasteiger partial charge in [-0.25, -0.2) is 4.39 Å². The molecule has 18 heavy (non-hydrogen) atoms. The van der Waals surface area contributed by atoms with Gasteiger partial charge in [0.05, 0.1) is 13.2 Å². The van der Waals surface area contributed by atoms with E-state index < -0.39 is 12.0 Å². The Balaban J connectivity index is 2.08. The van der Waals surface area contributed by atoms with Crippen molar-refractivity contribution in [2.24, 2.45) is 0 Å². The molecule has 1 saturated heterocycles. The minimum atomic E-state index is -0.874. The van der Waals surface area contributed by atoms with Crippen molar-refractivity contribution in [3.63, 3.8) is 0 Å². The van der Waals surface area contributed by atoms with Gasteiger partial charge in [0.25, 0.3) is 0 Å². The highest BCUT2D eigenvalue weighted by Gasteiger charge is 2.27. The van der Waals surface area contributed by atoms with E-state index >= 15 is 0 Å². The number of ether oxygens (including phenoxy) is 1. The maximum Gasteiger partial charge on any atom is 0.321 e. The average Bonchev–Trinajstić information content (AvgIpc) is 2.37. The van der Waals surface area contributed by atoms with E-state index in [0.29, 0.717) is 38.3 Å². The van der Waals surface area contributed by atoms with Crippen LogP contribution in [0.3, 0.4) is 0 Å². The number of nitrogens with zero attached hydrogens (tertiary/aromatic N) is 1. The van der Waals surface area contributed by atoms with Crippen molar-refractivity contribution in [3.8, 4) is 0 Å². The van der Waals surface area contributed by atoms with Crippen LogP contribution in [0.5, 0.6) is 0 Å². The van der Waals surface area contributed by atoms with Gasteiger partial charge in [-0.3, -0.25) is 9.69 Å². The van der Waals surface area contributed by atoms with Gasteiger partial charge >= 0.3 is 5.97 Å². The Bertz CT molecular complexity index is 418. The van der Waals surface area contributed by atoms with Crippen molar-refractivity contribution in [2.45, 2.75) is 12.5 Å². The zero-order valence-corrected chi connectivity index (χ0v) is 10.0. The van der Waals surface area contributed by atoms with E-state index in [1.165, 1.54) is 12.1 Å². The minimum absolute atomic E-state index is 0.313. The molecule has 0 aliphatic carbocycles. The Labute approximate surface area is 105 Å². The Kier molecular flexibility index (Phi) is 4.28. The number of morpholine rings is 1. The first-order valence-electron chi connectivity index (χ1n) is 5.96. The second kappa shape index (κ2) is 5.93. The Morgan fingerprint density at radius 3 is 2.78 bits per heavy atom. The summed E-state index contributed by atoms with van der Waals surface area (Å²) in [5, 5.41) is 9.28. The molecule has 0 radical (unpaired) electrons. The molecule has 4 nitrogen and oxygen atoms in total. The van der Waals surface area contributed by atoms with Gasteiger partial charge in [-0.05, 0) is 24.1 Å².